The van der Waals surface area contributed by atoms with E-state index in [2.05, 4.69) is 4.74 Å². The van der Waals surface area contributed by atoms with Gasteiger partial charge in [-0.15, -0.1) is 0 Å². The molecular weight excluding hydrogens is 239 g/mol. The zero-order valence-corrected chi connectivity index (χ0v) is 9.79. The van der Waals surface area contributed by atoms with Crippen LogP contribution in [0, 0.1) is 0 Å². The average Bonchev–Trinajstić information content (AvgIpc) is 2.19. The van der Waals surface area contributed by atoms with Crippen LogP contribution in [0.2, 0.25) is 0 Å². The molecule has 0 N–H and O–H groups in total. The van der Waals surface area contributed by atoms with Crippen LogP contribution in [-0.4, -0.2) is 55.5 Å². The molecule has 0 spiro atoms. The Labute approximate surface area is 97.7 Å². The summed E-state index contributed by atoms with van der Waals surface area (Å²) in [6, 6.07) is -0.131. The van der Waals surface area contributed by atoms with Gasteiger partial charge in [-0.1, -0.05) is 0 Å². The van der Waals surface area contributed by atoms with E-state index < -0.39 is 25.3 Å². The molecule has 1 saturated heterocycles. The van der Waals surface area contributed by atoms with Gasteiger partial charge in [0.05, 0.1) is 18.8 Å². The molecule has 0 saturated carbocycles. The summed E-state index contributed by atoms with van der Waals surface area (Å²) >= 11 is 0. The van der Waals surface area contributed by atoms with Crippen LogP contribution in [0.3, 0.4) is 0 Å². The number of ether oxygens (including phenoxy) is 2. The predicted octanol–water partition coefficient (Wildman–Crippen LogP) is 1.20. The maximum atomic E-state index is 11.8. The highest BCUT2D eigenvalue weighted by molar-refractivity contribution is 5.77. The van der Waals surface area contributed by atoms with Gasteiger partial charge in [-0.05, 0) is 13.8 Å². The number of morpholine rings is 1. The first-order chi connectivity index (χ1) is 7.79. The molecular formula is C10H16F3NO3. The predicted molar refractivity (Wildman–Crippen MR) is 53.5 cm³/mol. The van der Waals surface area contributed by atoms with Crippen LogP contribution in [0.4, 0.5) is 13.2 Å². The number of amides is 1. The molecule has 0 radical (unpaired) electrons. The standard InChI is InChI=1S/C10H16F3NO3/c1-7-4-17-8(2)3-14(7)9(15)5-16-6-10(11,12)13/h7-8H,3-6H2,1-2H3/t7-,8-/m1/s1. The van der Waals surface area contributed by atoms with Crippen LogP contribution in [0.25, 0.3) is 0 Å². The Morgan fingerprint density at radius 3 is 2.71 bits per heavy atom. The van der Waals surface area contributed by atoms with Crippen molar-refractivity contribution in [3.63, 3.8) is 0 Å². The van der Waals surface area contributed by atoms with Crippen LogP contribution in [0.15, 0.2) is 0 Å². The molecule has 1 fully saturated rings. The second-order valence-corrected chi connectivity index (χ2v) is 4.15. The summed E-state index contributed by atoms with van der Waals surface area (Å²) in [5.74, 6) is -0.433. The van der Waals surface area contributed by atoms with Crippen molar-refractivity contribution in [2.75, 3.05) is 26.4 Å². The molecule has 2 atom stereocenters. The number of carbonyl (C=O) groups is 1. The lowest BCUT2D eigenvalue weighted by molar-refractivity contribution is -0.180. The first-order valence-corrected chi connectivity index (χ1v) is 5.35. The lowest BCUT2D eigenvalue weighted by atomic mass is 10.2. The molecule has 0 aromatic rings. The summed E-state index contributed by atoms with van der Waals surface area (Å²) in [6.07, 6.45) is -4.50. The van der Waals surface area contributed by atoms with Crippen molar-refractivity contribution in [1.29, 1.82) is 0 Å². The minimum atomic E-state index is -4.40. The Morgan fingerprint density at radius 2 is 2.12 bits per heavy atom. The van der Waals surface area contributed by atoms with Crippen molar-refractivity contribution >= 4 is 5.91 Å². The van der Waals surface area contributed by atoms with Crippen LogP contribution in [0.5, 0.6) is 0 Å². The van der Waals surface area contributed by atoms with Gasteiger partial charge in [0.1, 0.15) is 13.2 Å². The van der Waals surface area contributed by atoms with Crippen LogP contribution in [0.1, 0.15) is 13.8 Å². The van der Waals surface area contributed by atoms with Crippen LogP contribution >= 0.6 is 0 Å². The van der Waals surface area contributed by atoms with Crippen molar-refractivity contribution in [1.82, 2.24) is 4.90 Å². The van der Waals surface area contributed by atoms with E-state index in [1.54, 1.807) is 6.92 Å². The van der Waals surface area contributed by atoms with E-state index in [-0.39, 0.29) is 12.1 Å². The largest absolute Gasteiger partial charge is 0.411 e. The van der Waals surface area contributed by atoms with Gasteiger partial charge in [-0.25, -0.2) is 0 Å². The Bertz CT molecular complexity index is 270. The number of carbonyl (C=O) groups excluding carboxylic acids is 1. The summed E-state index contributed by atoms with van der Waals surface area (Å²) in [5, 5.41) is 0. The zero-order valence-electron chi connectivity index (χ0n) is 9.79. The van der Waals surface area contributed by atoms with Gasteiger partial charge in [-0.3, -0.25) is 4.79 Å². The Balaban J connectivity index is 2.36. The van der Waals surface area contributed by atoms with Gasteiger partial charge < -0.3 is 14.4 Å². The van der Waals surface area contributed by atoms with Crippen LogP contribution in [-0.2, 0) is 14.3 Å². The lowest BCUT2D eigenvalue weighted by Crippen LogP contribution is -2.51. The van der Waals surface area contributed by atoms with Gasteiger partial charge in [0.2, 0.25) is 5.91 Å². The minimum Gasteiger partial charge on any atom is -0.375 e. The molecule has 0 aliphatic carbocycles. The van der Waals surface area contributed by atoms with Gasteiger partial charge >= 0.3 is 6.18 Å². The number of nitrogens with zero attached hydrogens (tertiary/aromatic N) is 1. The van der Waals surface area contributed by atoms with Crippen molar-refractivity contribution in [2.24, 2.45) is 0 Å². The molecule has 1 rings (SSSR count). The van der Waals surface area contributed by atoms with E-state index in [0.717, 1.165) is 0 Å². The van der Waals surface area contributed by atoms with Crippen LogP contribution < -0.4 is 0 Å². The molecule has 1 aliphatic heterocycles. The maximum Gasteiger partial charge on any atom is 0.411 e. The minimum absolute atomic E-state index is 0.0993. The fraction of sp³-hybridized carbons (Fsp3) is 0.900. The van der Waals surface area contributed by atoms with E-state index in [1.807, 2.05) is 6.92 Å². The van der Waals surface area contributed by atoms with Crippen molar-refractivity contribution in [3.05, 3.63) is 0 Å². The quantitative estimate of drug-likeness (QED) is 0.760. The van der Waals surface area contributed by atoms with E-state index in [4.69, 9.17) is 4.74 Å². The normalized spacial score (nSPS) is 26.1. The fourth-order valence-corrected chi connectivity index (χ4v) is 1.59. The molecule has 4 nitrogen and oxygen atoms in total. The number of hydrogen-bond acceptors (Lipinski definition) is 3. The summed E-state index contributed by atoms with van der Waals surface area (Å²) in [5.41, 5.74) is 0. The molecule has 17 heavy (non-hydrogen) atoms. The summed E-state index contributed by atoms with van der Waals surface area (Å²) in [4.78, 5) is 13.1. The van der Waals surface area contributed by atoms with E-state index >= 15 is 0 Å². The number of rotatable bonds is 3. The highest BCUT2D eigenvalue weighted by atomic mass is 19.4. The third kappa shape index (κ3) is 4.91. The van der Waals surface area contributed by atoms with Crippen molar-refractivity contribution in [3.8, 4) is 0 Å². The molecule has 0 bridgehead atoms. The molecule has 0 aromatic heterocycles. The van der Waals surface area contributed by atoms with Gasteiger partial charge in [-0.2, -0.15) is 13.2 Å². The van der Waals surface area contributed by atoms with E-state index in [1.165, 1.54) is 4.90 Å². The van der Waals surface area contributed by atoms with E-state index in [0.29, 0.717) is 13.2 Å². The fourth-order valence-electron chi connectivity index (χ4n) is 1.59. The molecule has 100 valence electrons. The smallest absolute Gasteiger partial charge is 0.375 e. The second kappa shape index (κ2) is 5.68. The molecule has 1 aliphatic rings. The number of hydrogen-bond donors (Lipinski definition) is 0. The molecule has 7 heteroatoms. The maximum absolute atomic E-state index is 11.8. The van der Waals surface area contributed by atoms with Gasteiger partial charge in [0.25, 0.3) is 0 Å². The second-order valence-electron chi connectivity index (χ2n) is 4.15. The lowest BCUT2D eigenvalue weighted by Gasteiger charge is -2.36. The molecule has 0 unspecified atom stereocenters. The summed E-state index contributed by atoms with van der Waals surface area (Å²) in [6.45, 7) is 2.43. The Hall–Kier alpha value is -0.820. The summed E-state index contributed by atoms with van der Waals surface area (Å²) in [7, 11) is 0. The van der Waals surface area contributed by atoms with E-state index in [9.17, 15) is 18.0 Å². The Morgan fingerprint density at radius 1 is 1.47 bits per heavy atom. The van der Waals surface area contributed by atoms with Gasteiger partial charge in [0, 0.05) is 6.54 Å². The molecule has 1 amide bonds. The highest BCUT2D eigenvalue weighted by Crippen LogP contribution is 2.15. The third-order valence-electron chi connectivity index (χ3n) is 2.42. The molecule has 1 heterocycles. The monoisotopic (exact) mass is 255 g/mol. The van der Waals surface area contributed by atoms with Crippen molar-refractivity contribution < 1.29 is 27.4 Å². The zero-order chi connectivity index (χ0) is 13.1. The Kier molecular flexibility index (Phi) is 4.76. The third-order valence-corrected chi connectivity index (χ3v) is 2.42. The van der Waals surface area contributed by atoms with Crippen molar-refractivity contribution in [2.45, 2.75) is 32.2 Å². The first kappa shape index (κ1) is 14.2. The number of alkyl halides is 3. The SMILES string of the molecule is C[C@@H]1CN(C(=O)COCC(F)(F)F)[C@H](C)CO1. The topological polar surface area (TPSA) is 38.8 Å². The first-order valence-electron chi connectivity index (χ1n) is 5.35. The molecule has 0 aromatic carbocycles. The number of halogens is 3. The average molecular weight is 255 g/mol. The summed E-state index contributed by atoms with van der Waals surface area (Å²) < 4.78 is 45.1. The van der Waals surface area contributed by atoms with Gasteiger partial charge in [0.15, 0.2) is 0 Å². The highest BCUT2D eigenvalue weighted by Gasteiger charge is 2.30.